The molecular formula is C19H14Br2N4OS. The molecule has 0 spiro atoms. The third-order valence-corrected chi connectivity index (χ3v) is 6.95. The average molecular weight is 506 g/mol. The number of pyridine rings is 1. The molecule has 0 fully saturated rings. The molecule has 0 bridgehead atoms. The molecule has 0 radical (unpaired) electrons. The number of ketones is 1. The normalized spacial score (nSPS) is 20.0. The molecule has 2 aromatic rings. The number of carbonyl (C=O) groups is 1. The summed E-state index contributed by atoms with van der Waals surface area (Å²) in [4.78, 5) is 20.1. The fourth-order valence-electron chi connectivity index (χ4n) is 3.61. The fourth-order valence-corrected chi connectivity index (χ4v) is 5.41. The molecule has 0 aromatic carbocycles. The van der Waals surface area contributed by atoms with Crippen LogP contribution in [0.1, 0.15) is 30.1 Å². The minimum absolute atomic E-state index is 0.0770. The topological polar surface area (TPSA) is 83.0 Å². The second-order valence-corrected chi connectivity index (χ2v) is 9.09. The summed E-state index contributed by atoms with van der Waals surface area (Å²) in [6.45, 7) is 0. The quantitative estimate of drug-likeness (QED) is 0.622. The molecular weight excluding hydrogens is 492 g/mol. The number of thiophene rings is 1. The third kappa shape index (κ3) is 3.14. The van der Waals surface area contributed by atoms with Crippen LogP contribution in [0.5, 0.6) is 0 Å². The molecule has 0 saturated carbocycles. The summed E-state index contributed by atoms with van der Waals surface area (Å²) in [5.41, 5.74) is 8.39. The van der Waals surface area contributed by atoms with Gasteiger partial charge in [0, 0.05) is 43.1 Å². The van der Waals surface area contributed by atoms with Crippen molar-refractivity contribution in [2.45, 2.75) is 25.2 Å². The van der Waals surface area contributed by atoms with E-state index in [1.165, 1.54) is 11.3 Å². The lowest BCUT2D eigenvalue weighted by atomic mass is 9.78. The largest absolute Gasteiger partial charge is 0.384 e. The van der Waals surface area contributed by atoms with Crippen LogP contribution in [0, 0.1) is 11.3 Å². The van der Waals surface area contributed by atoms with Gasteiger partial charge in [0.2, 0.25) is 0 Å². The van der Waals surface area contributed by atoms with Crippen LogP contribution in [-0.4, -0.2) is 10.8 Å². The average Bonchev–Trinajstić information content (AvgIpc) is 3.08. The summed E-state index contributed by atoms with van der Waals surface area (Å²) in [5.74, 6) is 0.612. The summed E-state index contributed by atoms with van der Waals surface area (Å²) in [6, 6.07) is 7.92. The predicted molar refractivity (Wildman–Crippen MR) is 112 cm³/mol. The minimum atomic E-state index is -0.416. The standard InChI is InChI=1S/C19H14Br2N4OS/c20-10-4-5-16(24-8-10)25-13-2-1-3-14(26)18(13)17(12(7-22)19(25)23)15-6-11(21)9-27-15/h4-6,8-9,17H,1-3,23H2. The molecule has 27 heavy (non-hydrogen) atoms. The maximum absolute atomic E-state index is 12.9. The molecule has 1 aliphatic carbocycles. The Morgan fingerprint density at radius 3 is 2.74 bits per heavy atom. The van der Waals surface area contributed by atoms with E-state index in [2.05, 4.69) is 42.9 Å². The third-order valence-electron chi connectivity index (χ3n) is 4.73. The van der Waals surface area contributed by atoms with Crippen LogP contribution in [-0.2, 0) is 4.79 Å². The van der Waals surface area contributed by atoms with Crippen molar-refractivity contribution >= 4 is 54.8 Å². The monoisotopic (exact) mass is 504 g/mol. The molecule has 2 aromatic heterocycles. The van der Waals surface area contributed by atoms with Crippen molar-refractivity contribution in [1.82, 2.24) is 4.98 Å². The van der Waals surface area contributed by atoms with Crippen molar-refractivity contribution in [2.75, 3.05) is 4.90 Å². The second kappa shape index (κ2) is 7.23. The Balaban J connectivity index is 1.96. The van der Waals surface area contributed by atoms with Gasteiger partial charge in [0.25, 0.3) is 0 Å². The molecule has 0 amide bonds. The van der Waals surface area contributed by atoms with Crippen LogP contribution in [0.15, 0.2) is 61.4 Å². The van der Waals surface area contributed by atoms with E-state index in [1.54, 1.807) is 11.1 Å². The Morgan fingerprint density at radius 1 is 1.30 bits per heavy atom. The van der Waals surface area contributed by atoms with Crippen LogP contribution in [0.25, 0.3) is 0 Å². The summed E-state index contributed by atoms with van der Waals surface area (Å²) >= 11 is 8.37. The Morgan fingerprint density at radius 2 is 2.11 bits per heavy atom. The molecule has 2 N–H and O–H groups in total. The van der Waals surface area contributed by atoms with E-state index < -0.39 is 5.92 Å². The van der Waals surface area contributed by atoms with Gasteiger partial charge >= 0.3 is 0 Å². The molecule has 1 unspecified atom stereocenters. The van der Waals surface area contributed by atoms with Gasteiger partial charge in [-0.25, -0.2) is 4.98 Å². The van der Waals surface area contributed by atoms with E-state index in [0.29, 0.717) is 29.2 Å². The van der Waals surface area contributed by atoms with Gasteiger partial charge in [0.1, 0.15) is 11.6 Å². The molecule has 4 rings (SSSR count). The lowest BCUT2D eigenvalue weighted by Crippen LogP contribution is -2.38. The Bertz CT molecular complexity index is 1030. The van der Waals surface area contributed by atoms with Crippen molar-refractivity contribution in [3.63, 3.8) is 0 Å². The van der Waals surface area contributed by atoms with Gasteiger partial charge in [-0.1, -0.05) is 0 Å². The summed E-state index contributed by atoms with van der Waals surface area (Å²) in [6.07, 6.45) is 3.66. The number of aromatic nitrogens is 1. The number of nitrogens with two attached hydrogens (primary N) is 1. The number of hydrogen-bond donors (Lipinski definition) is 1. The van der Waals surface area contributed by atoms with Crippen molar-refractivity contribution < 1.29 is 4.79 Å². The Labute approximate surface area is 177 Å². The molecule has 1 aliphatic heterocycles. The van der Waals surface area contributed by atoms with Crippen LogP contribution >= 0.6 is 43.2 Å². The summed E-state index contributed by atoms with van der Waals surface area (Å²) in [7, 11) is 0. The van der Waals surface area contributed by atoms with Crippen LogP contribution in [0.3, 0.4) is 0 Å². The highest BCUT2D eigenvalue weighted by atomic mass is 79.9. The van der Waals surface area contributed by atoms with Gasteiger partial charge in [-0.15, -0.1) is 11.3 Å². The molecule has 136 valence electrons. The zero-order valence-corrected chi connectivity index (χ0v) is 18.1. The number of allylic oxidation sites excluding steroid dienone is 3. The highest BCUT2D eigenvalue weighted by Gasteiger charge is 2.41. The second-order valence-electron chi connectivity index (χ2n) is 6.32. The van der Waals surface area contributed by atoms with Crippen molar-refractivity contribution in [1.29, 1.82) is 5.26 Å². The molecule has 3 heterocycles. The van der Waals surface area contributed by atoms with Crippen LogP contribution < -0.4 is 10.6 Å². The number of carbonyl (C=O) groups excluding carboxylic acids is 1. The number of halogens is 2. The maximum atomic E-state index is 12.9. The van der Waals surface area contributed by atoms with E-state index in [1.807, 2.05) is 23.6 Å². The first kappa shape index (κ1) is 18.4. The van der Waals surface area contributed by atoms with E-state index in [9.17, 15) is 10.1 Å². The maximum Gasteiger partial charge on any atom is 0.161 e. The van der Waals surface area contributed by atoms with E-state index in [0.717, 1.165) is 32.4 Å². The smallest absolute Gasteiger partial charge is 0.161 e. The first-order valence-electron chi connectivity index (χ1n) is 8.33. The molecule has 0 saturated heterocycles. The van der Waals surface area contributed by atoms with Gasteiger partial charge < -0.3 is 5.73 Å². The minimum Gasteiger partial charge on any atom is -0.384 e. The number of rotatable bonds is 2. The van der Waals surface area contributed by atoms with Crippen LogP contribution in [0.2, 0.25) is 0 Å². The van der Waals surface area contributed by atoms with Gasteiger partial charge in [0.15, 0.2) is 5.78 Å². The van der Waals surface area contributed by atoms with Gasteiger partial charge in [-0.05, 0) is 62.9 Å². The zero-order chi connectivity index (χ0) is 19.1. The van der Waals surface area contributed by atoms with Gasteiger partial charge in [-0.2, -0.15) is 5.26 Å². The SMILES string of the molecule is N#CC1=C(N)N(c2ccc(Br)cn2)C2=C(C(=O)CCC2)C1c1cc(Br)cs1. The number of Topliss-reactive ketones (excluding diaryl/α,β-unsaturated/α-hetero) is 1. The lowest BCUT2D eigenvalue weighted by molar-refractivity contribution is -0.116. The van der Waals surface area contributed by atoms with E-state index in [-0.39, 0.29) is 5.78 Å². The lowest BCUT2D eigenvalue weighted by Gasteiger charge is -2.38. The fraction of sp³-hybridized carbons (Fsp3) is 0.211. The number of hydrogen-bond acceptors (Lipinski definition) is 6. The summed E-state index contributed by atoms with van der Waals surface area (Å²) in [5, 5.41) is 11.9. The van der Waals surface area contributed by atoms with E-state index >= 15 is 0 Å². The number of anilines is 1. The highest BCUT2D eigenvalue weighted by Crippen LogP contribution is 2.47. The zero-order valence-electron chi connectivity index (χ0n) is 14.1. The van der Waals surface area contributed by atoms with Gasteiger partial charge in [0.05, 0.1) is 17.6 Å². The molecule has 2 aliphatic rings. The molecule has 1 atom stereocenters. The number of nitriles is 1. The Kier molecular flexibility index (Phi) is 4.93. The van der Waals surface area contributed by atoms with Gasteiger partial charge in [-0.3, -0.25) is 9.69 Å². The van der Waals surface area contributed by atoms with Crippen molar-refractivity contribution in [3.8, 4) is 6.07 Å². The highest BCUT2D eigenvalue weighted by molar-refractivity contribution is 9.10. The first-order valence-corrected chi connectivity index (χ1v) is 10.8. The summed E-state index contributed by atoms with van der Waals surface area (Å²) < 4.78 is 1.78. The Hall–Kier alpha value is -1.95. The molecule has 8 heteroatoms. The van der Waals surface area contributed by atoms with Crippen LogP contribution in [0.4, 0.5) is 5.82 Å². The van der Waals surface area contributed by atoms with E-state index in [4.69, 9.17) is 5.73 Å². The van der Waals surface area contributed by atoms with Crippen molar-refractivity contribution in [2.24, 2.45) is 5.73 Å². The predicted octanol–water partition coefficient (Wildman–Crippen LogP) is 4.97. The first-order chi connectivity index (χ1) is 13.0. The number of nitrogens with zero attached hydrogens (tertiary/aromatic N) is 3. The molecule has 5 nitrogen and oxygen atoms in total. The van der Waals surface area contributed by atoms with Crippen molar-refractivity contribution in [3.05, 3.63) is 66.3 Å².